The molecule has 1 aliphatic rings. The van der Waals surface area contributed by atoms with Crippen LogP contribution in [0, 0.1) is 5.92 Å². The van der Waals surface area contributed by atoms with Crippen molar-refractivity contribution in [3.63, 3.8) is 0 Å². The molecule has 1 aromatic carbocycles. The monoisotopic (exact) mass is 302 g/mol. The molecular formula is C17H22N2OS. The van der Waals surface area contributed by atoms with E-state index in [0.717, 1.165) is 22.0 Å². The normalized spacial score (nSPS) is 17.8. The van der Waals surface area contributed by atoms with Crippen LogP contribution < -0.4 is 5.73 Å². The van der Waals surface area contributed by atoms with Crippen molar-refractivity contribution in [3.05, 3.63) is 34.7 Å². The molecule has 1 aromatic heterocycles. The van der Waals surface area contributed by atoms with E-state index in [0.29, 0.717) is 5.92 Å². The number of benzene rings is 1. The molecule has 3 rings (SSSR count). The molecule has 112 valence electrons. The Labute approximate surface area is 130 Å². The molecule has 1 saturated carbocycles. The summed E-state index contributed by atoms with van der Waals surface area (Å²) in [6.45, 7) is 0. The summed E-state index contributed by atoms with van der Waals surface area (Å²) < 4.78 is 5.77. The van der Waals surface area contributed by atoms with Crippen molar-refractivity contribution in [1.29, 1.82) is 0 Å². The van der Waals surface area contributed by atoms with E-state index in [2.05, 4.69) is 11.4 Å². The SMILES string of the molecule is COC(c1nc(-c2cccc(N)c2)cs1)C1CCCCC1. The summed E-state index contributed by atoms with van der Waals surface area (Å²) in [5, 5.41) is 3.21. The maximum Gasteiger partial charge on any atom is 0.122 e. The zero-order valence-corrected chi connectivity index (χ0v) is 13.2. The van der Waals surface area contributed by atoms with Crippen LogP contribution in [-0.2, 0) is 4.74 Å². The average Bonchev–Trinajstić information content (AvgIpc) is 2.99. The second-order valence-corrected chi connectivity index (χ2v) is 6.64. The summed E-state index contributed by atoms with van der Waals surface area (Å²) in [5.41, 5.74) is 8.71. The molecule has 4 heteroatoms. The quantitative estimate of drug-likeness (QED) is 0.836. The van der Waals surface area contributed by atoms with E-state index in [-0.39, 0.29) is 6.10 Å². The van der Waals surface area contributed by atoms with Crippen LogP contribution in [0.25, 0.3) is 11.3 Å². The van der Waals surface area contributed by atoms with Crippen LogP contribution >= 0.6 is 11.3 Å². The molecule has 2 N–H and O–H groups in total. The van der Waals surface area contributed by atoms with Gasteiger partial charge in [-0.15, -0.1) is 11.3 Å². The van der Waals surface area contributed by atoms with E-state index >= 15 is 0 Å². The van der Waals surface area contributed by atoms with Gasteiger partial charge in [-0.2, -0.15) is 0 Å². The molecule has 1 unspecified atom stereocenters. The zero-order valence-electron chi connectivity index (χ0n) is 12.4. The molecule has 1 heterocycles. The highest BCUT2D eigenvalue weighted by molar-refractivity contribution is 7.10. The van der Waals surface area contributed by atoms with E-state index in [4.69, 9.17) is 15.5 Å². The molecule has 0 bridgehead atoms. The van der Waals surface area contributed by atoms with Gasteiger partial charge in [-0.05, 0) is 30.9 Å². The first kappa shape index (κ1) is 14.5. The third kappa shape index (κ3) is 3.27. The average molecular weight is 302 g/mol. The lowest BCUT2D eigenvalue weighted by Crippen LogP contribution is -2.17. The number of hydrogen-bond acceptors (Lipinski definition) is 4. The van der Waals surface area contributed by atoms with Crippen molar-refractivity contribution in [2.75, 3.05) is 12.8 Å². The second kappa shape index (κ2) is 6.58. The Morgan fingerprint density at radius 3 is 2.81 bits per heavy atom. The highest BCUT2D eigenvalue weighted by Crippen LogP contribution is 2.38. The highest BCUT2D eigenvalue weighted by Gasteiger charge is 2.27. The molecule has 1 atom stereocenters. The number of ether oxygens (including phenoxy) is 1. The Bertz CT molecular complexity index is 590. The molecule has 0 spiro atoms. The van der Waals surface area contributed by atoms with Crippen LogP contribution in [0.1, 0.15) is 43.2 Å². The summed E-state index contributed by atoms with van der Waals surface area (Å²) in [6.07, 6.45) is 6.65. The van der Waals surface area contributed by atoms with E-state index in [1.165, 1.54) is 32.1 Å². The third-order valence-corrected chi connectivity index (χ3v) is 5.19. The maximum absolute atomic E-state index is 5.86. The Morgan fingerprint density at radius 2 is 2.10 bits per heavy atom. The van der Waals surface area contributed by atoms with Gasteiger partial charge < -0.3 is 10.5 Å². The summed E-state index contributed by atoms with van der Waals surface area (Å²) >= 11 is 1.70. The number of hydrogen-bond donors (Lipinski definition) is 1. The highest BCUT2D eigenvalue weighted by atomic mass is 32.1. The van der Waals surface area contributed by atoms with E-state index < -0.39 is 0 Å². The predicted molar refractivity (Wildman–Crippen MR) is 88.3 cm³/mol. The second-order valence-electron chi connectivity index (χ2n) is 5.75. The minimum absolute atomic E-state index is 0.144. The van der Waals surface area contributed by atoms with Gasteiger partial charge in [-0.3, -0.25) is 0 Å². The fourth-order valence-corrected chi connectivity index (χ4v) is 4.18. The summed E-state index contributed by atoms with van der Waals surface area (Å²) in [6, 6.07) is 7.90. The molecule has 1 aliphatic carbocycles. The van der Waals surface area contributed by atoms with Gasteiger partial charge in [0.1, 0.15) is 11.1 Å². The lowest BCUT2D eigenvalue weighted by molar-refractivity contribution is 0.0353. The summed E-state index contributed by atoms with van der Waals surface area (Å²) in [4.78, 5) is 4.81. The third-order valence-electron chi connectivity index (χ3n) is 4.28. The van der Waals surface area contributed by atoms with Crippen LogP contribution in [-0.4, -0.2) is 12.1 Å². The maximum atomic E-state index is 5.86. The van der Waals surface area contributed by atoms with Crippen LogP contribution in [0.3, 0.4) is 0 Å². The predicted octanol–water partition coefficient (Wildman–Crippen LogP) is 4.66. The van der Waals surface area contributed by atoms with Crippen LogP contribution in [0.5, 0.6) is 0 Å². The van der Waals surface area contributed by atoms with Crippen molar-refractivity contribution < 1.29 is 4.74 Å². The first-order chi connectivity index (χ1) is 10.3. The standard InChI is InChI=1S/C17H22N2OS/c1-20-16(12-6-3-2-4-7-12)17-19-15(11-21-17)13-8-5-9-14(18)10-13/h5,8-12,16H,2-4,6-7,18H2,1H3. The van der Waals surface area contributed by atoms with Crippen LogP contribution in [0.15, 0.2) is 29.6 Å². The number of thiazole rings is 1. The number of methoxy groups -OCH3 is 1. The molecule has 2 aromatic rings. The van der Waals surface area contributed by atoms with E-state index in [1.807, 2.05) is 18.2 Å². The first-order valence-electron chi connectivity index (χ1n) is 7.62. The van der Waals surface area contributed by atoms with Crippen molar-refractivity contribution in [3.8, 4) is 11.3 Å². The summed E-state index contributed by atoms with van der Waals surface area (Å²) in [5.74, 6) is 0.614. The van der Waals surface area contributed by atoms with Crippen LogP contribution in [0.4, 0.5) is 5.69 Å². The number of nitrogen functional groups attached to an aromatic ring is 1. The molecule has 1 fully saturated rings. The Kier molecular flexibility index (Phi) is 4.56. The van der Waals surface area contributed by atoms with Gasteiger partial charge in [0.25, 0.3) is 0 Å². The Hall–Kier alpha value is -1.39. The van der Waals surface area contributed by atoms with Gasteiger partial charge in [0.05, 0.1) is 5.69 Å². The van der Waals surface area contributed by atoms with Gasteiger partial charge in [0.2, 0.25) is 0 Å². The smallest absolute Gasteiger partial charge is 0.122 e. The van der Waals surface area contributed by atoms with Gasteiger partial charge >= 0.3 is 0 Å². The molecule has 0 aliphatic heterocycles. The molecule has 0 amide bonds. The minimum atomic E-state index is 0.144. The van der Waals surface area contributed by atoms with Gasteiger partial charge in [0, 0.05) is 23.7 Å². The number of aromatic nitrogens is 1. The number of anilines is 1. The zero-order chi connectivity index (χ0) is 14.7. The van der Waals surface area contributed by atoms with Crippen LogP contribution in [0.2, 0.25) is 0 Å². The molecule has 3 nitrogen and oxygen atoms in total. The number of rotatable bonds is 4. The minimum Gasteiger partial charge on any atom is -0.399 e. The van der Waals surface area contributed by atoms with Crippen molar-refractivity contribution in [2.45, 2.75) is 38.2 Å². The largest absolute Gasteiger partial charge is 0.399 e. The van der Waals surface area contributed by atoms with E-state index in [9.17, 15) is 0 Å². The fraction of sp³-hybridized carbons (Fsp3) is 0.471. The van der Waals surface area contributed by atoms with E-state index in [1.54, 1.807) is 18.4 Å². The van der Waals surface area contributed by atoms with Crippen molar-refractivity contribution >= 4 is 17.0 Å². The summed E-state index contributed by atoms with van der Waals surface area (Å²) in [7, 11) is 1.81. The Balaban J connectivity index is 1.82. The van der Waals surface area contributed by atoms with Crippen molar-refractivity contribution in [1.82, 2.24) is 4.98 Å². The lowest BCUT2D eigenvalue weighted by Gasteiger charge is -2.27. The molecule has 0 radical (unpaired) electrons. The van der Waals surface area contributed by atoms with Crippen molar-refractivity contribution in [2.24, 2.45) is 5.92 Å². The first-order valence-corrected chi connectivity index (χ1v) is 8.50. The topological polar surface area (TPSA) is 48.1 Å². The van der Waals surface area contributed by atoms with Gasteiger partial charge in [-0.1, -0.05) is 31.4 Å². The molecule has 21 heavy (non-hydrogen) atoms. The molecule has 0 saturated heterocycles. The number of nitrogens with zero attached hydrogens (tertiary/aromatic N) is 1. The number of nitrogens with two attached hydrogens (primary N) is 1. The van der Waals surface area contributed by atoms with Gasteiger partial charge in [0.15, 0.2) is 0 Å². The lowest BCUT2D eigenvalue weighted by atomic mass is 9.85. The Morgan fingerprint density at radius 1 is 1.29 bits per heavy atom. The fourth-order valence-electron chi connectivity index (χ4n) is 3.18. The molecular weight excluding hydrogens is 280 g/mol. The van der Waals surface area contributed by atoms with Gasteiger partial charge in [-0.25, -0.2) is 4.98 Å².